The van der Waals surface area contributed by atoms with Gasteiger partial charge in [-0.25, -0.2) is 4.79 Å². The van der Waals surface area contributed by atoms with Gasteiger partial charge in [-0.1, -0.05) is 36.4 Å². The van der Waals surface area contributed by atoms with Crippen LogP contribution in [0.15, 0.2) is 72.8 Å². The number of nitrogens with zero attached hydrogens (tertiary/aromatic N) is 1. The number of ether oxygens (including phenoxy) is 3. The molecule has 5 rings (SSSR count). The maximum absolute atomic E-state index is 13.5. The molecule has 0 aromatic heterocycles. The van der Waals surface area contributed by atoms with Crippen LogP contribution in [0.5, 0.6) is 11.5 Å². The molecule has 3 aromatic rings. The molecule has 42 heavy (non-hydrogen) atoms. The molecule has 4 amide bonds. The Bertz CT molecular complexity index is 1420. The highest BCUT2D eigenvalue weighted by molar-refractivity contribution is 6.02. The van der Waals surface area contributed by atoms with Crippen LogP contribution in [-0.4, -0.2) is 68.3 Å². The first-order valence-electron chi connectivity index (χ1n) is 14.1. The van der Waals surface area contributed by atoms with Crippen LogP contribution in [0, 0.1) is 0 Å². The SMILES string of the molecule is COc1cccc(NC(=O)Nc2ccc3c(c2)C(=O)N(C)[C@@H]2CC[C@H](CC(=O)NCCc4ccccc4)O[C@H]2CO3)c1. The number of likely N-dealkylation sites (N-methyl/N-ethyl adjacent to an activating group) is 1. The zero-order valence-electron chi connectivity index (χ0n) is 23.8. The number of urea groups is 1. The second-order valence-corrected chi connectivity index (χ2v) is 10.5. The summed E-state index contributed by atoms with van der Waals surface area (Å²) >= 11 is 0. The molecule has 3 N–H and O–H groups in total. The molecule has 3 aromatic carbocycles. The lowest BCUT2D eigenvalue weighted by atomic mass is 9.94. The van der Waals surface area contributed by atoms with E-state index < -0.39 is 6.03 Å². The summed E-state index contributed by atoms with van der Waals surface area (Å²) in [6.45, 7) is 0.808. The van der Waals surface area contributed by atoms with Crippen LogP contribution in [-0.2, 0) is 16.0 Å². The second kappa shape index (κ2) is 13.4. The molecular weight excluding hydrogens is 536 g/mol. The van der Waals surface area contributed by atoms with E-state index in [1.807, 2.05) is 30.3 Å². The smallest absolute Gasteiger partial charge is 0.323 e. The lowest BCUT2D eigenvalue weighted by molar-refractivity contribution is -0.134. The van der Waals surface area contributed by atoms with E-state index in [0.29, 0.717) is 47.8 Å². The van der Waals surface area contributed by atoms with Crippen molar-refractivity contribution in [2.75, 3.05) is 37.9 Å². The van der Waals surface area contributed by atoms with Gasteiger partial charge in [0.15, 0.2) is 0 Å². The van der Waals surface area contributed by atoms with Crippen molar-refractivity contribution in [1.29, 1.82) is 0 Å². The zero-order valence-corrected chi connectivity index (χ0v) is 23.8. The molecule has 0 spiro atoms. The normalized spacial score (nSPS) is 19.7. The summed E-state index contributed by atoms with van der Waals surface area (Å²) in [7, 11) is 3.31. The Morgan fingerprint density at radius 3 is 2.55 bits per heavy atom. The fourth-order valence-electron chi connectivity index (χ4n) is 5.37. The van der Waals surface area contributed by atoms with Gasteiger partial charge in [0.05, 0.1) is 31.2 Å². The Balaban J connectivity index is 1.17. The zero-order chi connectivity index (χ0) is 29.5. The van der Waals surface area contributed by atoms with Crippen LogP contribution in [0.25, 0.3) is 0 Å². The maximum atomic E-state index is 13.5. The van der Waals surface area contributed by atoms with Gasteiger partial charge in [0.25, 0.3) is 5.91 Å². The van der Waals surface area contributed by atoms with Gasteiger partial charge in [0.1, 0.15) is 24.2 Å². The van der Waals surface area contributed by atoms with Gasteiger partial charge in [0.2, 0.25) is 5.91 Å². The molecule has 0 saturated carbocycles. The fraction of sp³-hybridized carbons (Fsp3) is 0.344. The molecule has 220 valence electrons. The summed E-state index contributed by atoms with van der Waals surface area (Å²) < 4.78 is 17.5. The number of hydrogen-bond donors (Lipinski definition) is 3. The summed E-state index contributed by atoms with van der Waals surface area (Å²) in [5, 5.41) is 8.52. The van der Waals surface area contributed by atoms with Crippen molar-refractivity contribution in [1.82, 2.24) is 10.2 Å². The van der Waals surface area contributed by atoms with E-state index in [2.05, 4.69) is 16.0 Å². The number of nitrogens with one attached hydrogen (secondary N) is 3. The van der Waals surface area contributed by atoms with Crippen LogP contribution in [0.4, 0.5) is 16.2 Å². The molecule has 1 saturated heterocycles. The minimum absolute atomic E-state index is 0.0496. The molecule has 0 aliphatic carbocycles. The Labute approximate surface area is 245 Å². The van der Waals surface area contributed by atoms with Gasteiger partial charge < -0.3 is 35.1 Å². The van der Waals surface area contributed by atoms with Crippen LogP contribution < -0.4 is 25.4 Å². The number of hydrogen-bond acceptors (Lipinski definition) is 6. The van der Waals surface area contributed by atoms with Crippen LogP contribution in [0.2, 0.25) is 0 Å². The molecule has 10 heteroatoms. The number of rotatable bonds is 8. The molecule has 0 radical (unpaired) electrons. The molecule has 0 bridgehead atoms. The number of anilines is 2. The Hall–Kier alpha value is -4.57. The number of benzene rings is 3. The van der Waals surface area contributed by atoms with Crippen molar-refractivity contribution in [2.24, 2.45) is 0 Å². The first kappa shape index (κ1) is 28.9. The molecule has 2 heterocycles. The third-order valence-corrected chi connectivity index (χ3v) is 7.59. The molecule has 1 fully saturated rings. The third-order valence-electron chi connectivity index (χ3n) is 7.59. The van der Waals surface area contributed by atoms with E-state index in [0.717, 1.165) is 6.42 Å². The number of fused-ring (bicyclic) bond motifs is 2. The van der Waals surface area contributed by atoms with Crippen molar-refractivity contribution in [3.05, 3.63) is 83.9 Å². The van der Waals surface area contributed by atoms with Crippen molar-refractivity contribution >= 4 is 29.2 Å². The topological polar surface area (TPSA) is 118 Å². The number of amides is 4. The molecule has 2 aliphatic rings. The molecule has 10 nitrogen and oxygen atoms in total. The quantitative estimate of drug-likeness (QED) is 0.367. The van der Waals surface area contributed by atoms with Gasteiger partial charge in [0, 0.05) is 31.0 Å². The average molecular weight is 573 g/mol. The highest BCUT2D eigenvalue weighted by Crippen LogP contribution is 2.32. The van der Waals surface area contributed by atoms with E-state index in [1.54, 1.807) is 61.5 Å². The highest BCUT2D eigenvalue weighted by atomic mass is 16.5. The van der Waals surface area contributed by atoms with Crippen LogP contribution in [0.1, 0.15) is 35.2 Å². The summed E-state index contributed by atoms with van der Waals surface area (Å²) in [5.74, 6) is 0.759. The molecule has 0 unspecified atom stereocenters. The van der Waals surface area contributed by atoms with Crippen molar-refractivity contribution in [3.8, 4) is 11.5 Å². The minimum atomic E-state index is -0.452. The van der Waals surface area contributed by atoms with Crippen molar-refractivity contribution in [2.45, 2.75) is 43.9 Å². The Morgan fingerprint density at radius 2 is 1.76 bits per heavy atom. The lowest BCUT2D eigenvalue weighted by Crippen LogP contribution is -2.54. The first-order chi connectivity index (χ1) is 20.4. The lowest BCUT2D eigenvalue weighted by Gasteiger charge is -2.42. The van der Waals surface area contributed by atoms with Crippen LogP contribution in [0.3, 0.4) is 0 Å². The van der Waals surface area contributed by atoms with Gasteiger partial charge in [-0.2, -0.15) is 0 Å². The largest absolute Gasteiger partial charge is 0.497 e. The number of carbonyl (C=O) groups is 3. The van der Waals surface area contributed by atoms with Gasteiger partial charge in [-0.05, 0) is 55.2 Å². The third kappa shape index (κ3) is 7.19. The van der Waals surface area contributed by atoms with E-state index in [9.17, 15) is 14.4 Å². The monoisotopic (exact) mass is 572 g/mol. The molecule has 3 atom stereocenters. The standard InChI is InChI=1S/C32H36N4O6/c1-36-27-13-12-25(19-30(37)33-16-15-21-7-4-3-5-8-21)42-29(27)20-41-28-14-11-23(18-26(28)31(36)38)35-32(39)34-22-9-6-10-24(17-22)40-2/h3-11,14,17-18,25,27,29H,12-13,15-16,19-20H2,1-2H3,(H,33,37)(H2,34,35,39)/t25-,27-,29+/m1/s1. The maximum Gasteiger partial charge on any atom is 0.323 e. The summed E-state index contributed by atoms with van der Waals surface area (Å²) in [6.07, 6.45) is 1.77. The molecule has 2 aliphatic heterocycles. The predicted molar refractivity (Wildman–Crippen MR) is 159 cm³/mol. The first-order valence-corrected chi connectivity index (χ1v) is 14.1. The van der Waals surface area contributed by atoms with E-state index >= 15 is 0 Å². The molecular formula is C32H36N4O6. The Kier molecular flexibility index (Phi) is 9.23. The second-order valence-electron chi connectivity index (χ2n) is 10.5. The Morgan fingerprint density at radius 1 is 0.976 bits per heavy atom. The highest BCUT2D eigenvalue weighted by Gasteiger charge is 2.39. The summed E-state index contributed by atoms with van der Waals surface area (Å²) in [5.41, 5.74) is 2.56. The number of methoxy groups -OCH3 is 1. The van der Waals surface area contributed by atoms with Crippen LogP contribution >= 0.6 is 0 Å². The fourth-order valence-corrected chi connectivity index (χ4v) is 5.37. The minimum Gasteiger partial charge on any atom is -0.497 e. The van der Waals surface area contributed by atoms with E-state index in [-0.39, 0.29) is 43.1 Å². The van der Waals surface area contributed by atoms with E-state index in [1.165, 1.54) is 5.56 Å². The van der Waals surface area contributed by atoms with Crippen molar-refractivity contribution in [3.63, 3.8) is 0 Å². The van der Waals surface area contributed by atoms with Gasteiger partial charge in [-0.3, -0.25) is 9.59 Å². The number of carbonyl (C=O) groups excluding carboxylic acids is 3. The average Bonchev–Trinajstić information content (AvgIpc) is 3.00. The summed E-state index contributed by atoms with van der Waals surface area (Å²) in [6, 6.07) is 21.4. The van der Waals surface area contributed by atoms with Gasteiger partial charge in [-0.15, -0.1) is 0 Å². The van der Waals surface area contributed by atoms with Gasteiger partial charge >= 0.3 is 6.03 Å². The van der Waals surface area contributed by atoms with Crippen molar-refractivity contribution < 1.29 is 28.6 Å². The van der Waals surface area contributed by atoms with E-state index in [4.69, 9.17) is 14.2 Å². The predicted octanol–water partition coefficient (Wildman–Crippen LogP) is 4.47. The summed E-state index contributed by atoms with van der Waals surface area (Å²) in [4.78, 5) is 40.4.